The van der Waals surface area contributed by atoms with Crippen LogP contribution in [0.2, 0.25) is 0 Å². The quantitative estimate of drug-likeness (QED) is 0.824. The molecule has 1 amide bonds. The van der Waals surface area contributed by atoms with Crippen LogP contribution in [0.5, 0.6) is 0 Å². The normalized spacial score (nSPS) is 15.1. The van der Waals surface area contributed by atoms with Gasteiger partial charge in [-0.05, 0) is 32.4 Å². The molecule has 1 aromatic heterocycles. The molecular weight excluding hydrogens is 244 g/mol. The molecule has 1 aliphatic rings. The van der Waals surface area contributed by atoms with Gasteiger partial charge in [0.15, 0.2) is 0 Å². The van der Waals surface area contributed by atoms with Crippen LogP contribution in [0.25, 0.3) is 0 Å². The molecule has 100 valence electrons. The van der Waals surface area contributed by atoms with Crippen molar-refractivity contribution in [1.29, 1.82) is 0 Å². The first-order chi connectivity index (χ1) is 8.99. The second kappa shape index (κ2) is 5.22. The van der Waals surface area contributed by atoms with Crippen LogP contribution in [-0.4, -0.2) is 40.0 Å². The lowest BCUT2D eigenvalue weighted by molar-refractivity contribution is 0.0692. The van der Waals surface area contributed by atoms with Crippen LogP contribution in [0, 0.1) is 6.92 Å². The van der Waals surface area contributed by atoms with Crippen molar-refractivity contribution in [2.75, 3.05) is 13.1 Å². The van der Waals surface area contributed by atoms with Crippen LogP contribution in [0.4, 0.5) is 0 Å². The average molecular weight is 260 g/mol. The number of carbonyl (C=O) groups excluding carboxylic acids is 1. The van der Waals surface area contributed by atoms with Gasteiger partial charge in [0.25, 0.3) is 5.91 Å². The fourth-order valence-electron chi connectivity index (χ4n) is 2.02. The Balaban J connectivity index is 2.21. The summed E-state index contributed by atoms with van der Waals surface area (Å²) in [6, 6.07) is 2.91. The zero-order valence-electron chi connectivity index (χ0n) is 11.0. The first-order valence-corrected chi connectivity index (χ1v) is 6.15. The minimum Gasteiger partial charge on any atom is -0.478 e. The summed E-state index contributed by atoms with van der Waals surface area (Å²) in [4.78, 5) is 28.9. The number of rotatable bonds is 2. The molecule has 1 aliphatic heterocycles. The van der Waals surface area contributed by atoms with Crippen molar-refractivity contribution in [3.63, 3.8) is 0 Å². The van der Waals surface area contributed by atoms with Gasteiger partial charge in [0, 0.05) is 13.1 Å². The molecule has 0 bridgehead atoms. The summed E-state index contributed by atoms with van der Waals surface area (Å²) < 4.78 is 0. The largest absolute Gasteiger partial charge is 0.478 e. The summed E-state index contributed by atoms with van der Waals surface area (Å²) in [6.07, 6.45) is 2.90. The molecule has 0 aromatic carbocycles. The van der Waals surface area contributed by atoms with Crippen LogP contribution in [0.3, 0.4) is 0 Å². The minimum atomic E-state index is -1.03. The Bertz CT molecular complexity index is 564. The maximum atomic E-state index is 12.2. The van der Waals surface area contributed by atoms with E-state index in [0.29, 0.717) is 24.5 Å². The maximum absolute atomic E-state index is 12.2. The van der Waals surface area contributed by atoms with E-state index in [2.05, 4.69) is 4.98 Å². The van der Waals surface area contributed by atoms with Crippen LogP contribution < -0.4 is 0 Å². The van der Waals surface area contributed by atoms with Gasteiger partial charge in [-0.15, -0.1) is 0 Å². The highest BCUT2D eigenvalue weighted by molar-refractivity contribution is 5.94. The zero-order chi connectivity index (χ0) is 14.0. The highest BCUT2D eigenvalue weighted by Gasteiger charge is 2.20. The summed E-state index contributed by atoms with van der Waals surface area (Å²) >= 11 is 0. The monoisotopic (exact) mass is 260 g/mol. The van der Waals surface area contributed by atoms with Crippen molar-refractivity contribution in [2.45, 2.75) is 20.3 Å². The van der Waals surface area contributed by atoms with Crippen molar-refractivity contribution < 1.29 is 14.7 Å². The van der Waals surface area contributed by atoms with Crippen molar-refractivity contribution in [2.24, 2.45) is 0 Å². The average Bonchev–Trinajstić information content (AvgIpc) is 2.38. The number of amides is 1. The molecule has 0 unspecified atom stereocenters. The molecule has 19 heavy (non-hydrogen) atoms. The third-order valence-corrected chi connectivity index (χ3v) is 3.26. The molecule has 0 aliphatic carbocycles. The van der Waals surface area contributed by atoms with E-state index >= 15 is 0 Å². The molecule has 1 N–H and O–H groups in total. The first kappa shape index (κ1) is 13.3. The fourth-order valence-corrected chi connectivity index (χ4v) is 2.02. The lowest BCUT2D eigenvalue weighted by Crippen LogP contribution is -2.35. The SMILES string of the molecule is CC1=CCN(C(=O)c2ccc(C(=O)O)c(C)n2)CC1. The number of aromatic carboxylic acids is 1. The van der Waals surface area contributed by atoms with Crippen molar-refractivity contribution in [1.82, 2.24) is 9.88 Å². The van der Waals surface area contributed by atoms with Crippen molar-refractivity contribution in [3.05, 3.63) is 40.7 Å². The summed E-state index contributed by atoms with van der Waals surface area (Å²) in [5.74, 6) is -1.18. The van der Waals surface area contributed by atoms with E-state index in [9.17, 15) is 9.59 Å². The number of nitrogens with zero attached hydrogens (tertiary/aromatic N) is 2. The van der Waals surface area contributed by atoms with Crippen LogP contribution in [0.15, 0.2) is 23.8 Å². The van der Waals surface area contributed by atoms with E-state index in [0.717, 1.165) is 6.42 Å². The molecule has 2 rings (SSSR count). The molecule has 2 heterocycles. The van der Waals surface area contributed by atoms with Gasteiger partial charge >= 0.3 is 5.97 Å². The van der Waals surface area contributed by atoms with E-state index in [1.54, 1.807) is 11.8 Å². The number of pyridine rings is 1. The second-order valence-electron chi connectivity index (χ2n) is 4.69. The number of hydrogen-bond donors (Lipinski definition) is 1. The van der Waals surface area contributed by atoms with Gasteiger partial charge in [0.2, 0.25) is 0 Å². The highest BCUT2D eigenvalue weighted by Crippen LogP contribution is 2.14. The summed E-state index contributed by atoms with van der Waals surface area (Å²) in [7, 11) is 0. The summed E-state index contributed by atoms with van der Waals surface area (Å²) in [5, 5.41) is 8.93. The maximum Gasteiger partial charge on any atom is 0.337 e. The topological polar surface area (TPSA) is 70.5 Å². The van der Waals surface area contributed by atoms with E-state index in [1.165, 1.54) is 17.7 Å². The molecule has 5 nitrogen and oxygen atoms in total. The molecule has 1 aromatic rings. The number of carboxylic acid groups (broad SMARTS) is 1. The summed E-state index contributed by atoms with van der Waals surface area (Å²) in [5.41, 5.74) is 2.08. The Morgan fingerprint density at radius 3 is 2.58 bits per heavy atom. The van der Waals surface area contributed by atoms with Gasteiger partial charge in [-0.1, -0.05) is 11.6 Å². The highest BCUT2D eigenvalue weighted by atomic mass is 16.4. The molecule has 0 spiro atoms. The number of hydrogen-bond acceptors (Lipinski definition) is 3. The lowest BCUT2D eigenvalue weighted by atomic mass is 10.1. The van der Waals surface area contributed by atoms with E-state index in [4.69, 9.17) is 5.11 Å². The lowest BCUT2D eigenvalue weighted by Gasteiger charge is -2.25. The number of aromatic nitrogens is 1. The van der Waals surface area contributed by atoms with Crippen molar-refractivity contribution in [3.8, 4) is 0 Å². The van der Waals surface area contributed by atoms with Crippen LogP contribution in [-0.2, 0) is 0 Å². The Labute approximate surface area is 111 Å². The van der Waals surface area contributed by atoms with Crippen molar-refractivity contribution >= 4 is 11.9 Å². The van der Waals surface area contributed by atoms with Gasteiger partial charge in [0.1, 0.15) is 5.69 Å². The van der Waals surface area contributed by atoms with E-state index in [1.807, 2.05) is 13.0 Å². The predicted octanol–water partition coefficient (Wildman–Crippen LogP) is 1.88. The molecular formula is C14H16N2O3. The molecule has 0 fully saturated rings. The van der Waals surface area contributed by atoms with E-state index < -0.39 is 5.97 Å². The van der Waals surface area contributed by atoms with Gasteiger partial charge in [-0.25, -0.2) is 9.78 Å². The van der Waals surface area contributed by atoms with Crippen LogP contribution >= 0.6 is 0 Å². The van der Waals surface area contributed by atoms with E-state index in [-0.39, 0.29) is 11.5 Å². The van der Waals surface area contributed by atoms with Gasteiger partial charge in [-0.2, -0.15) is 0 Å². The first-order valence-electron chi connectivity index (χ1n) is 6.15. The Hall–Kier alpha value is -2.17. The second-order valence-corrected chi connectivity index (χ2v) is 4.69. The number of aryl methyl sites for hydroxylation is 1. The Morgan fingerprint density at radius 1 is 1.32 bits per heavy atom. The molecule has 0 atom stereocenters. The number of carbonyl (C=O) groups is 2. The Morgan fingerprint density at radius 2 is 2.05 bits per heavy atom. The molecule has 5 heteroatoms. The Kier molecular flexibility index (Phi) is 3.64. The number of carboxylic acids is 1. The standard InChI is InChI=1S/C14H16N2O3/c1-9-5-7-16(8-6-9)13(17)12-4-3-11(14(18)19)10(2)15-12/h3-5H,6-8H2,1-2H3,(H,18,19). The molecule has 0 radical (unpaired) electrons. The molecule has 0 saturated carbocycles. The molecule has 0 saturated heterocycles. The zero-order valence-corrected chi connectivity index (χ0v) is 11.0. The third kappa shape index (κ3) is 2.81. The van der Waals surface area contributed by atoms with Crippen LogP contribution in [0.1, 0.15) is 39.9 Å². The van der Waals surface area contributed by atoms with Gasteiger partial charge in [0.05, 0.1) is 11.3 Å². The predicted molar refractivity (Wildman–Crippen MR) is 70.2 cm³/mol. The van der Waals surface area contributed by atoms with Gasteiger partial charge < -0.3 is 10.0 Å². The summed E-state index contributed by atoms with van der Waals surface area (Å²) in [6.45, 7) is 4.92. The fraction of sp³-hybridized carbons (Fsp3) is 0.357. The van der Waals surface area contributed by atoms with Gasteiger partial charge in [-0.3, -0.25) is 4.79 Å². The smallest absolute Gasteiger partial charge is 0.337 e. The minimum absolute atomic E-state index is 0.130. The third-order valence-electron chi connectivity index (χ3n) is 3.26.